The Morgan fingerprint density at radius 1 is 1.67 bits per heavy atom. The predicted octanol–water partition coefficient (Wildman–Crippen LogP) is 3.09. The normalized spacial score (nSPS) is 21.7. The van der Waals surface area contributed by atoms with Crippen molar-refractivity contribution >= 4 is 11.3 Å². The maximum Gasteiger partial charge on any atom is 0.133 e. The summed E-state index contributed by atoms with van der Waals surface area (Å²) in [5, 5.41) is 18.4. The Morgan fingerprint density at radius 3 is 3.33 bits per heavy atom. The average Bonchev–Trinajstić information content (AvgIpc) is 2.88. The summed E-state index contributed by atoms with van der Waals surface area (Å²) >= 11 is 1.73. The van der Waals surface area contributed by atoms with Gasteiger partial charge in [0.25, 0.3) is 0 Å². The van der Waals surface area contributed by atoms with Crippen molar-refractivity contribution in [1.29, 1.82) is 5.26 Å². The first-order valence-electron chi connectivity index (χ1n) is 6.06. The summed E-state index contributed by atoms with van der Waals surface area (Å²) in [7, 11) is 0. The van der Waals surface area contributed by atoms with Crippen molar-refractivity contribution in [1.82, 2.24) is 5.32 Å². The van der Waals surface area contributed by atoms with E-state index in [0.29, 0.717) is 13.1 Å². The summed E-state index contributed by atoms with van der Waals surface area (Å²) < 4.78 is 0. The van der Waals surface area contributed by atoms with Crippen molar-refractivity contribution in [2.75, 3.05) is 13.1 Å². The van der Waals surface area contributed by atoms with Gasteiger partial charge in [-0.25, -0.2) is 0 Å². The highest BCUT2D eigenvalue weighted by Crippen LogP contribution is 2.37. The van der Waals surface area contributed by atoms with E-state index >= 15 is 0 Å². The summed E-state index contributed by atoms with van der Waals surface area (Å²) in [5.74, 6) is 0. The molecule has 1 aromatic rings. The number of azide groups is 1. The number of thiophene rings is 1. The average molecular weight is 261 g/mol. The Balaban J connectivity index is 2.04. The summed E-state index contributed by atoms with van der Waals surface area (Å²) in [5.41, 5.74) is 8.81. The first-order valence-corrected chi connectivity index (χ1v) is 6.94. The molecular formula is C12H15N5S. The Hall–Kier alpha value is -1.54. The molecule has 0 fully saturated rings. The topological polar surface area (TPSA) is 84.6 Å². The van der Waals surface area contributed by atoms with Crippen LogP contribution in [0.25, 0.3) is 10.4 Å². The summed E-state index contributed by atoms with van der Waals surface area (Å²) in [6.45, 7) is 1.17. The van der Waals surface area contributed by atoms with E-state index in [1.54, 1.807) is 11.3 Å². The number of hydrogen-bond donors (Lipinski definition) is 1. The third-order valence-electron chi connectivity index (χ3n) is 3.28. The minimum atomic E-state index is -0.538. The number of fused-ring (bicyclic) bond motifs is 1. The quantitative estimate of drug-likeness (QED) is 0.382. The SMILES string of the molecule is N#CC1(NCCCN=[N+]=[N-])CCCc2sccc21. The molecule has 0 saturated heterocycles. The molecule has 18 heavy (non-hydrogen) atoms. The van der Waals surface area contributed by atoms with Gasteiger partial charge in [0.2, 0.25) is 0 Å². The van der Waals surface area contributed by atoms with Crippen LogP contribution in [-0.4, -0.2) is 13.1 Å². The van der Waals surface area contributed by atoms with E-state index in [0.717, 1.165) is 31.2 Å². The molecule has 0 aliphatic heterocycles. The maximum absolute atomic E-state index is 9.52. The monoisotopic (exact) mass is 261 g/mol. The number of nitriles is 1. The summed E-state index contributed by atoms with van der Waals surface area (Å²) in [6.07, 6.45) is 3.74. The van der Waals surface area contributed by atoms with Gasteiger partial charge in [-0.15, -0.1) is 11.3 Å². The fraction of sp³-hybridized carbons (Fsp3) is 0.583. The second-order valence-electron chi connectivity index (χ2n) is 4.36. The zero-order valence-electron chi connectivity index (χ0n) is 10.1. The van der Waals surface area contributed by atoms with Gasteiger partial charge in [-0.1, -0.05) is 5.11 Å². The number of hydrogen-bond acceptors (Lipinski definition) is 4. The van der Waals surface area contributed by atoms with Crippen molar-refractivity contribution in [2.24, 2.45) is 5.11 Å². The summed E-state index contributed by atoms with van der Waals surface area (Å²) in [4.78, 5) is 4.04. The Labute approximate surface area is 110 Å². The molecule has 1 atom stereocenters. The largest absolute Gasteiger partial charge is 0.296 e. The molecule has 2 rings (SSSR count). The van der Waals surface area contributed by atoms with Gasteiger partial charge in [-0.05, 0) is 49.2 Å². The van der Waals surface area contributed by atoms with Gasteiger partial charge < -0.3 is 0 Å². The van der Waals surface area contributed by atoms with Crippen LogP contribution in [0.1, 0.15) is 29.7 Å². The van der Waals surface area contributed by atoms with Crippen molar-refractivity contribution < 1.29 is 0 Å². The van der Waals surface area contributed by atoms with Crippen molar-refractivity contribution in [2.45, 2.75) is 31.2 Å². The third-order valence-corrected chi connectivity index (χ3v) is 4.26. The highest BCUT2D eigenvalue weighted by atomic mass is 32.1. The Bertz CT molecular complexity index is 497. The molecular weight excluding hydrogens is 246 g/mol. The van der Waals surface area contributed by atoms with Crippen LogP contribution in [0.2, 0.25) is 0 Å². The zero-order valence-corrected chi connectivity index (χ0v) is 10.9. The lowest BCUT2D eigenvalue weighted by molar-refractivity contribution is 0.368. The second kappa shape index (κ2) is 5.87. The fourth-order valence-electron chi connectivity index (χ4n) is 2.40. The van der Waals surface area contributed by atoms with Crippen LogP contribution in [0.3, 0.4) is 0 Å². The molecule has 0 bridgehead atoms. The van der Waals surface area contributed by atoms with Crippen LogP contribution in [0.15, 0.2) is 16.6 Å². The van der Waals surface area contributed by atoms with Crippen LogP contribution in [0.4, 0.5) is 0 Å². The molecule has 0 aromatic carbocycles. The number of aryl methyl sites for hydroxylation is 1. The van der Waals surface area contributed by atoms with E-state index in [9.17, 15) is 5.26 Å². The Morgan fingerprint density at radius 2 is 2.56 bits per heavy atom. The molecule has 0 saturated carbocycles. The molecule has 1 N–H and O–H groups in total. The van der Waals surface area contributed by atoms with E-state index in [2.05, 4.69) is 32.9 Å². The third kappa shape index (κ3) is 2.49. The highest BCUT2D eigenvalue weighted by Gasteiger charge is 2.36. The van der Waals surface area contributed by atoms with E-state index in [1.807, 2.05) is 0 Å². The molecule has 5 nitrogen and oxygen atoms in total. The lowest BCUT2D eigenvalue weighted by Crippen LogP contribution is -2.43. The van der Waals surface area contributed by atoms with Gasteiger partial charge in [0.15, 0.2) is 0 Å². The fourth-order valence-corrected chi connectivity index (χ4v) is 3.40. The zero-order chi connectivity index (χ0) is 12.8. The van der Waals surface area contributed by atoms with Gasteiger partial charge in [0.05, 0.1) is 6.07 Å². The molecule has 1 aromatic heterocycles. The molecule has 0 spiro atoms. The molecule has 1 aliphatic rings. The predicted molar refractivity (Wildman–Crippen MR) is 71.2 cm³/mol. The van der Waals surface area contributed by atoms with Gasteiger partial charge >= 0.3 is 0 Å². The molecule has 1 aliphatic carbocycles. The van der Waals surface area contributed by atoms with E-state index in [4.69, 9.17) is 5.53 Å². The van der Waals surface area contributed by atoms with Crippen LogP contribution in [0.5, 0.6) is 0 Å². The number of rotatable bonds is 5. The Kier molecular flexibility index (Phi) is 4.21. The van der Waals surface area contributed by atoms with E-state index in [-0.39, 0.29) is 0 Å². The van der Waals surface area contributed by atoms with Crippen LogP contribution in [-0.2, 0) is 12.0 Å². The molecule has 0 radical (unpaired) electrons. The first-order chi connectivity index (χ1) is 8.82. The van der Waals surface area contributed by atoms with Gasteiger partial charge in [0.1, 0.15) is 5.54 Å². The second-order valence-corrected chi connectivity index (χ2v) is 5.36. The van der Waals surface area contributed by atoms with E-state index < -0.39 is 5.54 Å². The lowest BCUT2D eigenvalue weighted by atomic mass is 9.81. The van der Waals surface area contributed by atoms with E-state index in [1.165, 1.54) is 4.88 Å². The van der Waals surface area contributed by atoms with Gasteiger partial charge in [-0.3, -0.25) is 5.32 Å². The van der Waals surface area contributed by atoms with Crippen LogP contribution >= 0.6 is 11.3 Å². The molecule has 1 unspecified atom stereocenters. The maximum atomic E-state index is 9.52. The molecule has 94 valence electrons. The van der Waals surface area contributed by atoms with Crippen molar-refractivity contribution in [3.8, 4) is 6.07 Å². The highest BCUT2D eigenvalue weighted by molar-refractivity contribution is 7.10. The lowest BCUT2D eigenvalue weighted by Gasteiger charge is -2.32. The first kappa shape index (κ1) is 12.9. The minimum absolute atomic E-state index is 0.474. The van der Waals surface area contributed by atoms with Crippen LogP contribution in [0, 0.1) is 11.3 Å². The number of nitrogens with zero attached hydrogens (tertiary/aromatic N) is 4. The molecule has 6 heteroatoms. The van der Waals surface area contributed by atoms with Crippen molar-refractivity contribution in [3.63, 3.8) is 0 Å². The standard InChI is InChI=1S/C12H15N5S/c13-9-12(15-6-2-7-16-17-14)5-1-3-11-10(12)4-8-18-11/h4,8,15H,1-3,5-7H2. The van der Waals surface area contributed by atoms with Crippen molar-refractivity contribution in [3.05, 3.63) is 32.3 Å². The minimum Gasteiger partial charge on any atom is -0.296 e. The van der Waals surface area contributed by atoms with Crippen LogP contribution < -0.4 is 5.32 Å². The summed E-state index contributed by atoms with van der Waals surface area (Å²) in [6, 6.07) is 4.50. The molecule has 0 amide bonds. The smallest absolute Gasteiger partial charge is 0.133 e. The van der Waals surface area contributed by atoms with Gasteiger partial charge in [-0.2, -0.15) is 5.26 Å². The van der Waals surface area contributed by atoms with Gasteiger partial charge in [0, 0.05) is 21.9 Å². The molecule has 1 heterocycles. The number of nitrogens with one attached hydrogen (secondary N) is 1.